The van der Waals surface area contributed by atoms with Crippen molar-refractivity contribution in [3.8, 4) is 11.5 Å². The lowest BCUT2D eigenvalue weighted by Gasteiger charge is -2.14. The standard InChI is InChI=1S/C22H20N2O4S2/c1-15(2)24-19-13-12-17(14-21(19)29-22(24)25)30(26,27)23-18-10-6-7-11-20(18)28-16-8-4-3-5-9-16/h3-15,23H,1-2H3. The van der Waals surface area contributed by atoms with Gasteiger partial charge >= 0.3 is 4.87 Å². The fourth-order valence-electron chi connectivity index (χ4n) is 3.13. The maximum absolute atomic E-state index is 13.0. The van der Waals surface area contributed by atoms with Gasteiger partial charge in [0.1, 0.15) is 5.75 Å². The highest BCUT2D eigenvalue weighted by atomic mass is 32.2. The van der Waals surface area contributed by atoms with E-state index in [0.29, 0.717) is 21.9 Å². The van der Waals surface area contributed by atoms with Gasteiger partial charge < -0.3 is 4.74 Å². The van der Waals surface area contributed by atoms with E-state index >= 15 is 0 Å². The third-order valence-corrected chi connectivity index (χ3v) is 6.80. The molecule has 0 radical (unpaired) electrons. The largest absolute Gasteiger partial charge is 0.455 e. The highest BCUT2D eigenvalue weighted by molar-refractivity contribution is 7.92. The Balaban J connectivity index is 1.68. The molecule has 1 N–H and O–H groups in total. The van der Waals surface area contributed by atoms with E-state index in [1.807, 2.05) is 32.0 Å². The molecule has 0 bridgehead atoms. The van der Waals surface area contributed by atoms with Crippen molar-refractivity contribution >= 4 is 37.3 Å². The van der Waals surface area contributed by atoms with Gasteiger partial charge in [0, 0.05) is 6.04 Å². The molecule has 154 valence electrons. The number of rotatable bonds is 6. The Hall–Kier alpha value is -3.10. The Bertz CT molecular complexity index is 1360. The third-order valence-electron chi connectivity index (χ3n) is 4.51. The molecule has 0 aliphatic heterocycles. The molecule has 8 heteroatoms. The third kappa shape index (κ3) is 3.96. The number of thiazole rings is 1. The molecule has 3 aromatic carbocycles. The van der Waals surface area contributed by atoms with E-state index in [0.717, 1.165) is 16.9 Å². The number of anilines is 1. The van der Waals surface area contributed by atoms with Gasteiger partial charge in [-0.1, -0.05) is 41.7 Å². The van der Waals surface area contributed by atoms with Crippen LogP contribution in [-0.2, 0) is 10.0 Å². The number of sulfonamides is 1. The molecule has 6 nitrogen and oxygen atoms in total. The number of hydrogen-bond acceptors (Lipinski definition) is 5. The van der Waals surface area contributed by atoms with E-state index < -0.39 is 10.0 Å². The van der Waals surface area contributed by atoms with Gasteiger partial charge in [-0.15, -0.1) is 0 Å². The van der Waals surface area contributed by atoms with Crippen LogP contribution < -0.4 is 14.3 Å². The minimum Gasteiger partial charge on any atom is -0.455 e. The van der Waals surface area contributed by atoms with Crippen molar-refractivity contribution in [2.75, 3.05) is 4.72 Å². The average Bonchev–Trinajstić information content (AvgIpc) is 3.05. The number of fused-ring (bicyclic) bond motifs is 1. The van der Waals surface area contributed by atoms with Crippen molar-refractivity contribution in [1.82, 2.24) is 4.57 Å². The van der Waals surface area contributed by atoms with E-state index in [1.165, 1.54) is 12.1 Å². The van der Waals surface area contributed by atoms with E-state index in [1.54, 1.807) is 47.0 Å². The topological polar surface area (TPSA) is 77.4 Å². The first-order chi connectivity index (χ1) is 14.3. The lowest BCUT2D eigenvalue weighted by Crippen LogP contribution is -2.15. The summed E-state index contributed by atoms with van der Waals surface area (Å²) in [5.74, 6) is 0.995. The summed E-state index contributed by atoms with van der Waals surface area (Å²) in [4.78, 5) is 12.2. The summed E-state index contributed by atoms with van der Waals surface area (Å²) in [6, 6.07) is 20.7. The van der Waals surface area contributed by atoms with Crippen LogP contribution in [0, 0.1) is 0 Å². The molecule has 0 saturated carbocycles. The quantitative estimate of drug-likeness (QED) is 0.445. The van der Waals surface area contributed by atoms with Gasteiger partial charge in [0.25, 0.3) is 10.0 Å². The second-order valence-corrected chi connectivity index (χ2v) is 9.65. The van der Waals surface area contributed by atoms with Crippen LogP contribution in [0.2, 0.25) is 0 Å². The second-order valence-electron chi connectivity index (χ2n) is 6.98. The number of benzene rings is 3. The number of ether oxygens (including phenoxy) is 1. The highest BCUT2D eigenvalue weighted by Gasteiger charge is 2.19. The van der Waals surface area contributed by atoms with Crippen LogP contribution in [0.3, 0.4) is 0 Å². The Morgan fingerprint density at radius 1 is 0.967 bits per heavy atom. The number of nitrogens with zero attached hydrogens (tertiary/aromatic N) is 1. The van der Waals surface area contributed by atoms with Gasteiger partial charge in [-0.2, -0.15) is 0 Å². The van der Waals surface area contributed by atoms with E-state index in [2.05, 4.69) is 4.72 Å². The Morgan fingerprint density at radius 3 is 2.40 bits per heavy atom. The lowest BCUT2D eigenvalue weighted by molar-refractivity contribution is 0.485. The molecule has 1 heterocycles. The van der Waals surface area contributed by atoms with Crippen LogP contribution in [0.4, 0.5) is 5.69 Å². The predicted octanol–water partition coefficient (Wildman–Crippen LogP) is 5.24. The molecule has 1 aromatic heterocycles. The van der Waals surface area contributed by atoms with Crippen LogP contribution in [0.5, 0.6) is 11.5 Å². The molecule has 0 amide bonds. The van der Waals surface area contributed by atoms with Gasteiger partial charge in [0.15, 0.2) is 5.75 Å². The van der Waals surface area contributed by atoms with Crippen molar-refractivity contribution in [2.45, 2.75) is 24.8 Å². The molecule has 4 rings (SSSR count). The first-order valence-electron chi connectivity index (χ1n) is 9.35. The smallest absolute Gasteiger partial charge is 0.308 e. The van der Waals surface area contributed by atoms with E-state index in [4.69, 9.17) is 4.74 Å². The minimum absolute atomic E-state index is 0.00570. The number of aromatic nitrogens is 1. The molecule has 0 aliphatic rings. The maximum atomic E-state index is 13.0. The van der Waals surface area contributed by atoms with Gasteiger partial charge in [0.05, 0.1) is 20.8 Å². The highest BCUT2D eigenvalue weighted by Crippen LogP contribution is 2.31. The van der Waals surface area contributed by atoms with Crippen LogP contribution in [0.15, 0.2) is 82.5 Å². The fourth-order valence-corrected chi connectivity index (χ4v) is 5.36. The summed E-state index contributed by atoms with van der Waals surface area (Å²) in [6.45, 7) is 3.84. The van der Waals surface area contributed by atoms with Gasteiger partial charge in [-0.25, -0.2) is 8.42 Å². The molecular weight excluding hydrogens is 420 g/mol. The summed E-state index contributed by atoms with van der Waals surface area (Å²) in [5.41, 5.74) is 1.06. The van der Waals surface area contributed by atoms with Crippen molar-refractivity contribution in [3.05, 3.63) is 82.5 Å². The normalized spacial score (nSPS) is 11.7. The fraction of sp³-hybridized carbons (Fsp3) is 0.136. The van der Waals surface area contributed by atoms with Crippen LogP contribution in [-0.4, -0.2) is 13.0 Å². The summed E-state index contributed by atoms with van der Waals surface area (Å²) < 4.78 is 36.8. The van der Waals surface area contributed by atoms with Gasteiger partial charge in [-0.05, 0) is 56.3 Å². The average molecular weight is 441 g/mol. The summed E-state index contributed by atoms with van der Waals surface area (Å²) in [5, 5.41) is 0. The molecule has 4 aromatic rings. The predicted molar refractivity (Wildman–Crippen MR) is 120 cm³/mol. The van der Waals surface area contributed by atoms with Crippen molar-refractivity contribution in [2.24, 2.45) is 0 Å². The Labute approximate surface area is 178 Å². The SMILES string of the molecule is CC(C)n1c(=O)sc2cc(S(=O)(=O)Nc3ccccc3Oc3ccccc3)ccc21. The monoisotopic (exact) mass is 440 g/mol. The van der Waals surface area contributed by atoms with E-state index in [9.17, 15) is 13.2 Å². The molecule has 0 saturated heterocycles. The number of para-hydroxylation sites is 3. The maximum Gasteiger partial charge on any atom is 0.308 e. The van der Waals surface area contributed by atoms with Crippen molar-refractivity contribution < 1.29 is 13.2 Å². The summed E-state index contributed by atoms with van der Waals surface area (Å²) in [6.07, 6.45) is 0. The molecule has 0 spiro atoms. The van der Waals surface area contributed by atoms with Gasteiger partial charge in [-0.3, -0.25) is 14.1 Å². The Morgan fingerprint density at radius 2 is 1.67 bits per heavy atom. The molecule has 30 heavy (non-hydrogen) atoms. The molecule has 0 unspecified atom stereocenters. The van der Waals surface area contributed by atoms with E-state index in [-0.39, 0.29) is 15.8 Å². The van der Waals surface area contributed by atoms with Crippen LogP contribution in [0.1, 0.15) is 19.9 Å². The summed E-state index contributed by atoms with van der Waals surface area (Å²) >= 11 is 1.04. The minimum atomic E-state index is -3.88. The lowest BCUT2D eigenvalue weighted by atomic mass is 10.3. The van der Waals surface area contributed by atoms with Crippen molar-refractivity contribution in [1.29, 1.82) is 0 Å². The van der Waals surface area contributed by atoms with Crippen LogP contribution in [0.25, 0.3) is 10.2 Å². The zero-order valence-electron chi connectivity index (χ0n) is 16.4. The number of hydrogen-bond donors (Lipinski definition) is 1. The number of nitrogens with one attached hydrogen (secondary N) is 1. The molecular formula is C22H20N2O4S2. The first kappa shape index (κ1) is 20.2. The summed E-state index contributed by atoms with van der Waals surface area (Å²) in [7, 11) is -3.88. The van der Waals surface area contributed by atoms with Gasteiger partial charge in [0.2, 0.25) is 0 Å². The zero-order valence-corrected chi connectivity index (χ0v) is 18.0. The van der Waals surface area contributed by atoms with Crippen molar-refractivity contribution in [3.63, 3.8) is 0 Å². The Kier molecular flexibility index (Phi) is 5.36. The first-order valence-corrected chi connectivity index (χ1v) is 11.6. The van der Waals surface area contributed by atoms with Crippen LogP contribution >= 0.6 is 11.3 Å². The second kappa shape index (κ2) is 7.97. The zero-order chi connectivity index (χ0) is 21.3. The molecule has 0 fully saturated rings. The molecule has 0 aliphatic carbocycles. The molecule has 0 atom stereocenters.